The minimum atomic E-state index is -0.154. The van der Waals surface area contributed by atoms with E-state index in [0.29, 0.717) is 12.5 Å². The van der Waals surface area contributed by atoms with Crippen molar-refractivity contribution >= 4 is 5.95 Å². The molecule has 0 unspecified atom stereocenters. The van der Waals surface area contributed by atoms with E-state index in [9.17, 15) is 0 Å². The number of nitrogens with one attached hydrogen (secondary N) is 1. The molecule has 19 heavy (non-hydrogen) atoms. The van der Waals surface area contributed by atoms with Crippen molar-refractivity contribution in [3.63, 3.8) is 0 Å². The average molecular weight is 265 g/mol. The molecule has 1 fully saturated rings. The van der Waals surface area contributed by atoms with Gasteiger partial charge in [0.05, 0.1) is 16.9 Å². The monoisotopic (exact) mass is 265 g/mol. The van der Waals surface area contributed by atoms with Gasteiger partial charge in [-0.1, -0.05) is 13.8 Å². The molecule has 0 aliphatic carbocycles. The third kappa shape index (κ3) is 3.19. The molecule has 2 rings (SSSR count). The van der Waals surface area contributed by atoms with Crippen molar-refractivity contribution in [2.24, 2.45) is 5.73 Å². The van der Waals surface area contributed by atoms with Crippen LogP contribution in [0.25, 0.3) is 0 Å². The van der Waals surface area contributed by atoms with Gasteiger partial charge >= 0.3 is 0 Å². The zero-order chi connectivity index (χ0) is 13.7. The first kappa shape index (κ1) is 14.1. The first-order valence-corrected chi connectivity index (χ1v) is 7.01. The molecule has 1 aliphatic heterocycles. The predicted octanol–water partition coefficient (Wildman–Crippen LogP) is 0.916. The van der Waals surface area contributed by atoms with Gasteiger partial charge in [-0.15, -0.1) is 5.10 Å². The Labute approximate surface area is 114 Å². The Kier molecular flexibility index (Phi) is 4.66. The quantitative estimate of drug-likeness (QED) is 0.823. The number of hydrogen-bond donors (Lipinski definition) is 2. The average Bonchev–Trinajstić information content (AvgIpc) is 2.48. The van der Waals surface area contributed by atoms with E-state index in [-0.39, 0.29) is 5.54 Å². The largest absolute Gasteiger partial charge is 0.381 e. The zero-order valence-electron chi connectivity index (χ0n) is 11.8. The van der Waals surface area contributed by atoms with E-state index in [1.807, 2.05) is 0 Å². The van der Waals surface area contributed by atoms with Crippen LogP contribution in [-0.4, -0.2) is 40.5 Å². The van der Waals surface area contributed by atoms with Gasteiger partial charge in [0.25, 0.3) is 0 Å². The van der Waals surface area contributed by atoms with E-state index in [0.717, 1.165) is 50.3 Å². The second-order valence-corrected chi connectivity index (χ2v) is 4.96. The number of hydrogen-bond acceptors (Lipinski definition) is 6. The van der Waals surface area contributed by atoms with Gasteiger partial charge in [0, 0.05) is 19.8 Å². The Balaban J connectivity index is 2.17. The second kappa shape index (κ2) is 6.25. The highest BCUT2D eigenvalue weighted by Crippen LogP contribution is 2.23. The number of aryl methyl sites for hydroxylation is 2. The standard InChI is InChI=1S/C13H23N5O/c1-3-10-11(4-2)17-18-12(15-10)16-13(9-14)5-7-19-8-6-13/h3-9,14H2,1-2H3,(H,15,16,18). The number of rotatable bonds is 5. The minimum absolute atomic E-state index is 0.154. The van der Waals surface area contributed by atoms with Gasteiger partial charge in [-0.3, -0.25) is 0 Å². The van der Waals surface area contributed by atoms with Crippen LogP contribution in [0, 0.1) is 0 Å². The Morgan fingerprint density at radius 2 is 1.84 bits per heavy atom. The van der Waals surface area contributed by atoms with E-state index >= 15 is 0 Å². The lowest BCUT2D eigenvalue weighted by Crippen LogP contribution is -2.50. The van der Waals surface area contributed by atoms with Gasteiger partial charge in [-0.05, 0) is 25.7 Å². The number of anilines is 1. The van der Waals surface area contributed by atoms with Crippen molar-refractivity contribution in [2.75, 3.05) is 25.1 Å². The van der Waals surface area contributed by atoms with Gasteiger partial charge < -0.3 is 15.8 Å². The van der Waals surface area contributed by atoms with Crippen LogP contribution in [0.4, 0.5) is 5.95 Å². The molecule has 1 saturated heterocycles. The summed E-state index contributed by atoms with van der Waals surface area (Å²) >= 11 is 0. The molecule has 1 aromatic heterocycles. The summed E-state index contributed by atoms with van der Waals surface area (Å²) in [5.41, 5.74) is 7.75. The van der Waals surface area contributed by atoms with E-state index in [1.54, 1.807) is 0 Å². The van der Waals surface area contributed by atoms with Crippen molar-refractivity contribution in [3.05, 3.63) is 11.4 Å². The third-order valence-corrected chi connectivity index (χ3v) is 3.73. The summed E-state index contributed by atoms with van der Waals surface area (Å²) < 4.78 is 5.39. The van der Waals surface area contributed by atoms with E-state index in [2.05, 4.69) is 34.3 Å². The maximum atomic E-state index is 5.92. The highest BCUT2D eigenvalue weighted by atomic mass is 16.5. The van der Waals surface area contributed by atoms with Gasteiger partial charge in [-0.25, -0.2) is 4.98 Å². The lowest BCUT2D eigenvalue weighted by molar-refractivity contribution is 0.0625. The molecule has 6 nitrogen and oxygen atoms in total. The van der Waals surface area contributed by atoms with Gasteiger partial charge in [-0.2, -0.15) is 5.10 Å². The van der Waals surface area contributed by atoms with Crippen LogP contribution in [0.3, 0.4) is 0 Å². The molecule has 0 spiro atoms. The van der Waals surface area contributed by atoms with Gasteiger partial charge in [0.1, 0.15) is 0 Å². The van der Waals surface area contributed by atoms with Crippen LogP contribution < -0.4 is 11.1 Å². The summed E-state index contributed by atoms with van der Waals surface area (Å²) in [4.78, 5) is 4.57. The summed E-state index contributed by atoms with van der Waals surface area (Å²) in [7, 11) is 0. The first-order chi connectivity index (χ1) is 9.23. The van der Waals surface area contributed by atoms with Crippen LogP contribution in [0.5, 0.6) is 0 Å². The van der Waals surface area contributed by atoms with Crippen molar-refractivity contribution in [1.82, 2.24) is 15.2 Å². The Morgan fingerprint density at radius 3 is 2.42 bits per heavy atom. The maximum Gasteiger partial charge on any atom is 0.243 e. The fourth-order valence-corrected chi connectivity index (χ4v) is 2.37. The maximum absolute atomic E-state index is 5.92. The lowest BCUT2D eigenvalue weighted by atomic mass is 9.90. The Hall–Kier alpha value is -1.27. The molecule has 1 aromatic rings. The van der Waals surface area contributed by atoms with E-state index in [1.165, 1.54) is 0 Å². The number of nitrogens with zero attached hydrogens (tertiary/aromatic N) is 3. The molecule has 0 atom stereocenters. The molecule has 0 radical (unpaired) electrons. The molecular weight excluding hydrogens is 242 g/mol. The molecule has 0 aromatic carbocycles. The molecule has 0 saturated carbocycles. The highest BCUT2D eigenvalue weighted by Gasteiger charge is 2.32. The normalized spacial score (nSPS) is 18.3. The Bertz CT molecular complexity index is 417. The molecular formula is C13H23N5O. The fraction of sp³-hybridized carbons (Fsp3) is 0.769. The summed E-state index contributed by atoms with van der Waals surface area (Å²) in [6, 6.07) is 0. The topological polar surface area (TPSA) is 86.0 Å². The molecule has 106 valence electrons. The molecule has 2 heterocycles. The summed E-state index contributed by atoms with van der Waals surface area (Å²) in [5, 5.41) is 11.8. The van der Waals surface area contributed by atoms with Crippen LogP contribution >= 0.6 is 0 Å². The predicted molar refractivity (Wildman–Crippen MR) is 74.0 cm³/mol. The first-order valence-electron chi connectivity index (χ1n) is 7.01. The second-order valence-electron chi connectivity index (χ2n) is 4.96. The lowest BCUT2D eigenvalue weighted by Gasteiger charge is -2.36. The SMILES string of the molecule is CCc1nnc(NC2(CN)CCOCC2)nc1CC. The van der Waals surface area contributed by atoms with Gasteiger partial charge in [0.2, 0.25) is 5.95 Å². The summed E-state index contributed by atoms with van der Waals surface area (Å²) in [5.74, 6) is 0.585. The van der Waals surface area contributed by atoms with Crippen molar-refractivity contribution < 1.29 is 4.74 Å². The highest BCUT2D eigenvalue weighted by molar-refractivity contribution is 5.31. The molecule has 6 heteroatoms. The fourth-order valence-electron chi connectivity index (χ4n) is 2.37. The number of nitrogens with two attached hydrogens (primary N) is 1. The number of aromatic nitrogens is 3. The third-order valence-electron chi connectivity index (χ3n) is 3.73. The zero-order valence-corrected chi connectivity index (χ0v) is 11.8. The van der Waals surface area contributed by atoms with Crippen LogP contribution in [-0.2, 0) is 17.6 Å². The number of ether oxygens (including phenoxy) is 1. The van der Waals surface area contributed by atoms with E-state index < -0.39 is 0 Å². The molecule has 1 aliphatic rings. The van der Waals surface area contributed by atoms with Gasteiger partial charge in [0.15, 0.2) is 0 Å². The smallest absolute Gasteiger partial charge is 0.243 e. The van der Waals surface area contributed by atoms with Crippen molar-refractivity contribution in [1.29, 1.82) is 0 Å². The minimum Gasteiger partial charge on any atom is -0.381 e. The van der Waals surface area contributed by atoms with Crippen LogP contribution in [0.2, 0.25) is 0 Å². The summed E-state index contributed by atoms with van der Waals surface area (Å²) in [6.07, 6.45) is 3.49. The molecule has 3 N–H and O–H groups in total. The van der Waals surface area contributed by atoms with Crippen molar-refractivity contribution in [2.45, 2.75) is 45.1 Å². The molecule has 0 amide bonds. The van der Waals surface area contributed by atoms with E-state index in [4.69, 9.17) is 10.5 Å². The van der Waals surface area contributed by atoms with Crippen LogP contribution in [0.1, 0.15) is 38.1 Å². The molecule has 0 bridgehead atoms. The Morgan fingerprint density at radius 1 is 1.16 bits per heavy atom. The van der Waals surface area contributed by atoms with Crippen LogP contribution in [0.15, 0.2) is 0 Å². The van der Waals surface area contributed by atoms with Crippen molar-refractivity contribution in [3.8, 4) is 0 Å². The summed E-state index contributed by atoms with van der Waals surface area (Å²) in [6.45, 7) is 6.16.